The predicted octanol–water partition coefficient (Wildman–Crippen LogP) is 1.28. The molecule has 0 atom stereocenters. The van der Waals surface area contributed by atoms with Gasteiger partial charge in [0, 0.05) is 0 Å². The van der Waals surface area contributed by atoms with Gasteiger partial charge in [-0.3, -0.25) is 0 Å². The molecular weight excluding hydrogens is 136 g/mol. The third-order valence-electron chi connectivity index (χ3n) is 1.65. The first-order chi connectivity index (χ1) is 5.33. The van der Waals surface area contributed by atoms with Crippen molar-refractivity contribution in [3.05, 3.63) is 31.4 Å². The van der Waals surface area contributed by atoms with Gasteiger partial charge in [-0.2, -0.15) is 0 Å². The van der Waals surface area contributed by atoms with Crippen molar-refractivity contribution < 1.29 is 4.57 Å². The fourth-order valence-electron chi connectivity index (χ4n) is 1.05. The largest absolute Gasteiger partial charge is 0.243 e. The first-order valence-electron chi connectivity index (χ1n) is 3.95. The van der Waals surface area contributed by atoms with Crippen LogP contribution in [0, 0.1) is 0 Å². The van der Waals surface area contributed by atoms with Crippen molar-refractivity contribution in [3.8, 4) is 0 Å². The number of imidazole rings is 1. The number of aryl methyl sites for hydroxylation is 2. The lowest BCUT2D eigenvalue weighted by molar-refractivity contribution is -0.671. The molecule has 0 fully saturated rings. The van der Waals surface area contributed by atoms with Crippen molar-refractivity contribution in [1.82, 2.24) is 4.57 Å². The van der Waals surface area contributed by atoms with Gasteiger partial charge < -0.3 is 0 Å². The number of aromatic nitrogens is 2. The molecule has 0 N–H and O–H groups in total. The van der Waals surface area contributed by atoms with E-state index in [1.165, 1.54) is 6.42 Å². The fraction of sp³-hybridized carbons (Fsp3) is 0.444. The second-order valence-electron chi connectivity index (χ2n) is 2.75. The summed E-state index contributed by atoms with van der Waals surface area (Å²) in [7, 11) is 2.03. The van der Waals surface area contributed by atoms with Crippen molar-refractivity contribution in [1.29, 1.82) is 0 Å². The smallest absolute Gasteiger partial charge is 0.240 e. The summed E-state index contributed by atoms with van der Waals surface area (Å²) in [6.07, 6.45) is 10.5. The molecule has 0 amide bonds. The summed E-state index contributed by atoms with van der Waals surface area (Å²) in [5.41, 5.74) is 0. The van der Waals surface area contributed by atoms with Gasteiger partial charge in [0.1, 0.15) is 12.4 Å². The van der Waals surface area contributed by atoms with Gasteiger partial charge in [0.15, 0.2) is 0 Å². The zero-order valence-corrected chi connectivity index (χ0v) is 7.03. The number of allylic oxidation sites excluding steroid dienone is 1. The Labute approximate surface area is 67.8 Å². The van der Waals surface area contributed by atoms with Crippen LogP contribution in [0.25, 0.3) is 0 Å². The third-order valence-corrected chi connectivity index (χ3v) is 1.65. The summed E-state index contributed by atoms with van der Waals surface area (Å²) < 4.78 is 4.23. The molecule has 0 spiro atoms. The number of nitrogens with zero attached hydrogens (tertiary/aromatic N) is 2. The van der Waals surface area contributed by atoms with E-state index in [2.05, 4.69) is 23.7 Å². The van der Waals surface area contributed by atoms with Crippen LogP contribution in [0.5, 0.6) is 0 Å². The summed E-state index contributed by atoms with van der Waals surface area (Å²) in [5.74, 6) is 0. The van der Waals surface area contributed by atoms with E-state index in [9.17, 15) is 0 Å². The van der Waals surface area contributed by atoms with E-state index < -0.39 is 0 Å². The van der Waals surface area contributed by atoms with Gasteiger partial charge in [0.2, 0.25) is 6.33 Å². The zero-order valence-electron chi connectivity index (χ0n) is 7.03. The summed E-state index contributed by atoms with van der Waals surface area (Å²) >= 11 is 0. The summed E-state index contributed by atoms with van der Waals surface area (Å²) in [6, 6.07) is 0. The third kappa shape index (κ3) is 2.58. The van der Waals surface area contributed by atoms with Crippen molar-refractivity contribution in [2.75, 3.05) is 0 Å². The molecule has 0 saturated heterocycles. The molecular formula is C9H15N2+. The molecule has 0 radical (unpaired) electrons. The van der Waals surface area contributed by atoms with Crippen LogP contribution in [0.4, 0.5) is 0 Å². The molecule has 0 aliphatic carbocycles. The minimum Gasteiger partial charge on any atom is -0.240 e. The maximum absolute atomic E-state index is 3.68. The highest BCUT2D eigenvalue weighted by molar-refractivity contribution is 4.69. The van der Waals surface area contributed by atoms with Crippen molar-refractivity contribution >= 4 is 0 Å². The SMILES string of the molecule is C=CCCCn1cc[n+](C)c1. The van der Waals surface area contributed by atoms with Crippen LogP contribution in [0.2, 0.25) is 0 Å². The Morgan fingerprint density at radius 2 is 2.45 bits per heavy atom. The van der Waals surface area contributed by atoms with Gasteiger partial charge >= 0.3 is 0 Å². The second-order valence-corrected chi connectivity index (χ2v) is 2.75. The molecule has 0 bridgehead atoms. The maximum atomic E-state index is 3.68. The van der Waals surface area contributed by atoms with Gasteiger partial charge in [-0.1, -0.05) is 6.08 Å². The Kier molecular flexibility index (Phi) is 2.90. The Morgan fingerprint density at radius 1 is 1.64 bits per heavy atom. The van der Waals surface area contributed by atoms with E-state index in [1.807, 2.05) is 23.9 Å². The molecule has 2 heteroatoms. The molecule has 0 aliphatic heterocycles. The van der Waals surface area contributed by atoms with Crippen molar-refractivity contribution in [2.45, 2.75) is 19.4 Å². The van der Waals surface area contributed by atoms with Crippen LogP contribution in [0.1, 0.15) is 12.8 Å². The topological polar surface area (TPSA) is 8.81 Å². The molecule has 1 rings (SSSR count). The molecule has 1 aromatic rings. The monoisotopic (exact) mass is 151 g/mol. The first kappa shape index (κ1) is 8.05. The van der Waals surface area contributed by atoms with Crippen LogP contribution >= 0.6 is 0 Å². The molecule has 11 heavy (non-hydrogen) atoms. The van der Waals surface area contributed by atoms with E-state index in [4.69, 9.17) is 0 Å². The summed E-state index contributed by atoms with van der Waals surface area (Å²) in [5, 5.41) is 0. The standard InChI is InChI=1S/C9H15N2/c1-3-4-5-6-11-8-7-10(2)9-11/h3,7-9H,1,4-6H2,2H3/q+1. The molecule has 1 aromatic heterocycles. The quantitative estimate of drug-likeness (QED) is 0.348. The minimum absolute atomic E-state index is 1.09. The number of hydrogen-bond donors (Lipinski definition) is 0. The lowest BCUT2D eigenvalue weighted by Gasteiger charge is -1.91. The first-order valence-corrected chi connectivity index (χ1v) is 3.95. The van der Waals surface area contributed by atoms with Crippen LogP contribution in [0.15, 0.2) is 31.4 Å². The molecule has 0 unspecified atom stereocenters. The normalized spacial score (nSPS) is 9.91. The number of rotatable bonds is 4. The molecule has 0 aliphatic rings. The minimum atomic E-state index is 1.09. The Hall–Kier alpha value is -1.05. The Bertz CT molecular complexity index is 225. The van der Waals surface area contributed by atoms with Crippen LogP contribution < -0.4 is 4.57 Å². The number of unbranched alkanes of at least 4 members (excludes halogenated alkanes) is 1. The van der Waals surface area contributed by atoms with E-state index in [0.29, 0.717) is 0 Å². The highest BCUT2D eigenvalue weighted by Crippen LogP contribution is 1.93. The van der Waals surface area contributed by atoms with E-state index in [1.54, 1.807) is 0 Å². The lowest BCUT2D eigenvalue weighted by atomic mass is 10.3. The number of hydrogen-bond acceptors (Lipinski definition) is 0. The van der Waals surface area contributed by atoms with Gasteiger partial charge in [-0.05, 0) is 12.8 Å². The van der Waals surface area contributed by atoms with E-state index in [-0.39, 0.29) is 0 Å². The second kappa shape index (κ2) is 3.96. The van der Waals surface area contributed by atoms with Crippen LogP contribution in [-0.2, 0) is 13.6 Å². The molecule has 0 saturated carbocycles. The predicted molar refractivity (Wildman–Crippen MR) is 45.0 cm³/mol. The zero-order chi connectivity index (χ0) is 8.10. The van der Waals surface area contributed by atoms with E-state index in [0.717, 1.165) is 13.0 Å². The summed E-state index contributed by atoms with van der Waals surface area (Å²) in [4.78, 5) is 0. The van der Waals surface area contributed by atoms with Gasteiger partial charge in [0.25, 0.3) is 0 Å². The Morgan fingerprint density at radius 3 is 3.00 bits per heavy atom. The molecule has 1 heterocycles. The Balaban J connectivity index is 2.32. The molecule has 60 valence electrons. The average Bonchev–Trinajstić information content (AvgIpc) is 2.37. The average molecular weight is 151 g/mol. The fourth-order valence-corrected chi connectivity index (χ4v) is 1.05. The van der Waals surface area contributed by atoms with Gasteiger partial charge in [0.05, 0.1) is 13.6 Å². The summed E-state index contributed by atoms with van der Waals surface area (Å²) in [6.45, 7) is 4.77. The van der Waals surface area contributed by atoms with Gasteiger partial charge in [-0.25, -0.2) is 9.13 Å². The highest BCUT2D eigenvalue weighted by atomic mass is 15.1. The molecule has 2 nitrogen and oxygen atoms in total. The van der Waals surface area contributed by atoms with Crippen molar-refractivity contribution in [2.24, 2.45) is 7.05 Å². The van der Waals surface area contributed by atoms with Gasteiger partial charge in [-0.15, -0.1) is 6.58 Å². The lowest BCUT2D eigenvalue weighted by Crippen LogP contribution is -2.23. The van der Waals surface area contributed by atoms with Crippen LogP contribution in [0.3, 0.4) is 0 Å². The maximum Gasteiger partial charge on any atom is 0.243 e. The highest BCUT2D eigenvalue weighted by Gasteiger charge is 1.96. The van der Waals surface area contributed by atoms with Crippen LogP contribution in [-0.4, -0.2) is 4.57 Å². The van der Waals surface area contributed by atoms with E-state index >= 15 is 0 Å². The molecule has 0 aromatic carbocycles. The van der Waals surface area contributed by atoms with Crippen molar-refractivity contribution in [3.63, 3.8) is 0 Å².